The second-order valence-corrected chi connectivity index (χ2v) is 11.1. The fourth-order valence-electron chi connectivity index (χ4n) is 4.35. The molecule has 2 N–H and O–H groups in total. The normalized spacial score (nSPS) is 11.8. The maximum absolute atomic E-state index is 11.4. The molecule has 0 aliphatic rings. The van der Waals surface area contributed by atoms with Gasteiger partial charge in [-0.05, 0) is 59.7 Å². The van der Waals surface area contributed by atoms with Crippen molar-refractivity contribution in [2.45, 2.75) is 13.0 Å². The zero-order valence-corrected chi connectivity index (χ0v) is 23.9. The van der Waals surface area contributed by atoms with Crippen LogP contribution in [0.1, 0.15) is 11.1 Å². The summed E-state index contributed by atoms with van der Waals surface area (Å²) >= 11 is -0.796. The molecule has 0 aliphatic heterocycles. The molecule has 0 aliphatic carbocycles. The highest BCUT2D eigenvalue weighted by molar-refractivity contribution is 7.90. The Hall–Kier alpha value is -4.28. The fraction of sp³-hybridized carbons (Fsp3) is 0.233. The average Bonchev–Trinajstić information content (AvgIpc) is 3.30. The third-order valence-corrected chi connectivity index (χ3v) is 7.51. The Balaban J connectivity index is 1.27. The zero-order chi connectivity index (χ0) is 28.1. The Morgan fingerprint density at radius 3 is 2.45 bits per heavy atom. The molecular weight excluding hydrogens is 522 g/mol. The molecule has 3 aromatic carbocycles. The van der Waals surface area contributed by atoms with Crippen LogP contribution in [0.15, 0.2) is 79.0 Å². The summed E-state index contributed by atoms with van der Waals surface area (Å²) in [6.07, 6.45) is 4.26. The predicted octanol–water partition coefficient (Wildman–Crippen LogP) is 5.42. The van der Waals surface area contributed by atoms with Gasteiger partial charge in [0.15, 0.2) is 0 Å². The van der Waals surface area contributed by atoms with Crippen LogP contribution in [0.5, 0.6) is 5.75 Å². The van der Waals surface area contributed by atoms with Crippen molar-refractivity contribution >= 4 is 51.3 Å². The maximum atomic E-state index is 11.4. The Morgan fingerprint density at radius 1 is 0.975 bits per heavy atom. The topological polar surface area (TPSA) is 103 Å². The van der Waals surface area contributed by atoms with Gasteiger partial charge in [0.1, 0.15) is 17.3 Å². The van der Waals surface area contributed by atoms with Gasteiger partial charge in [-0.25, -0.2) is 9.97 Å². The maximum Gasteiger partial charge on any atom is 0.229 e. The Morgan fingerprint density at radius 2 is 1.73 bits per heavy atom. The molecular formula is C30H33N7O2S. The van der Waals surface area contributed by atoms with Crippen LogP contribution in [-0.2, 0) is 31.2 Å². The van der Waals surface area contributed by atoms with Crippen molar-refractivity contribution < 1.29 is 9.29 Å². The minimum absolute atomic E-state index is 0.510. The largest absolute Gasteiger partial charge is 0.617 e. The molecule has 10 heteroatoms. The fourth-order valence-corrected chi connectivity index (χ4v) is 4.88. The van der Waals surface area contributed by atoms with Crippen molar-refractivity contribution in [3.05, 3.63) is 90.1 Å². The first-order chi connectivity index (χ1) is 19.4. The number of hydrogen-bond acceptors (Lipinski definition) is 8. The van der Waals surface area contributed by atoms with Crippen LogP contribution in [0.4, 0.5) is 29.1 Å². The number of ether oxygens (including phenoxy) is 1. The molecule has 1 unspecified atom stereocenters. The van der Waals surface area contributed by atoms with E-state index in [1.54, 1.807) is 19.6 Å². The van der Waals surface area contributed by atoms with Gasteiger partial charge in [0.2, 0.25) is 11.9 Å². The summed E-state index contributed by atoms with van der Waals surface area (Å²) in [6, 6.07) is 24.1. The molecule has 0 spiro atoms. The van der Waals surface area contributed by atoms with E-state index in [1.165, 1.54) is 0 Å². The van der Waals surface area contributed by atoms with Gasteiger partial charge in [-0.1, -0.05) is 35.4 Å². The van der Waals surface area contributed by atoms with Crippen molar-refractivity contribution in [1.29, 1.82) is 0 Å². The zero-order valence-electron chi connectivity index (χ0n) is 23.1. The van der Waals surface area contributed by atoms with E-state index in [0.29, 0.717) is 18.2 Å². The highest BCUT2D eigenvalue weighted by Crippen LogP contribution is 2.28. The molecule has 0 amide bonds. The first-order valence-corrected chi connectivity index (χ1v) is 14.7. The number of nitrogens with zero attached hydrogens (tertiary/aromatic N) is 5. The average molecular weight is 556 g/mol. The first kappa shape index (κ1) is 27.3. The Kier molecular flexibility index (Phi) is 8.37. The molecule has 2 aromatic heterocycles. The quantitative estimate of drug-likeness (QED) is 0.208. The Labute approximate surface area is 237 Å². The van der Waals surface area contributed by atoms with E-state index >= 15 is 0 Å². The molecule has 0 saturated heterocycles. The summed E-state index contributed by atoms with van der Waals surface area (Å²) in [7, 11) is 5.65. The molecule has 1 atom stereocenters. The highest BCUT2D eigenvalue weighted by Gasteiger charge is 2.13. The highest BCUT2D eigenvalue weighted by atomic mass is 32.2. The van der Waals surface area contributed by atoms with E-state index in [1.807, 2.05) is 73.6 Å². The van der Waals surface area contributed by atoms with Crippen molar-refractivity contribution in [2.24, 2.45) is 7.05 Å². The third kappa shape index (κ3) is 6.47. The van der Waals surface area contributed by atoms with Crippen LogP contribution in [0.25, 0.3) is 11.0 Å². The first-order valence-electron chi connectivity index (χ1n) is 13.0. The second-order valence-electron chi connectivity index (χ2n) is 9.52. The van der Waals surface area contributed by atoms with Gasteiger partial charge in [-0.2, -0.15) is 4.98 Å². The molecule has 5 aromatic rings. The molecule has 2 heterocycles. The van der Waals surface area contributed by atoms with E-state index in [-0.39, 0.29) is 0 Å². The van der Waals surface area contributed by atoms with Crippen LogP contribution < -0.4 is 20.3 Å². The summed E-state index contributed by atoms with van der Waals surface area (Å²) in [5.41, 5.74) is 6.09. The van der Waals surface area contributed by atoms with E-state index in [4.69, 9.17) is 14.7 Å². The number of nitrogens with one attached hydrogen (secondary N) is 2. The van der Waals surface area contributed by atoms with Crippen molar-refractivity contribution in [1.82, 2.24) is 19.5 Å². The summed E-state index contributed by atoms with van der Waals surface area (Å²) in [5.74, 6) is 3.57. The molecule has 5 rings (SSSR count). The second kappa shape index (κ2) is 12.3. The van der Waals surface area contributed by atoms with Gasteiger partial charge < -0.3 is 29.4 Å². The predicted molar refractivity (Wildman–Crippen MR) is 163 cm³/mol. The lowest BCUT2D eigenvalue weighted by Gasteiger charge is -2.19. The van der Waals surface area contributed by atoms with Gasteiger partial charge in [-0.3, -0.25) is 0 Å². The molecule has 206 valence electrons. The van der Waals surface area contributed by atoms with Crippen molar-refractivity contribution in [2.75, 3.05) is 41.7 Å². The summed E-state index contributed by atoms with van der Waals surface area (Å²) in [6.45, 7) is 0.660. The van der Waals surface area contributed by atoms with Crippen LogP contribution in [0, 0.1) is 0 Å². The van der Waals surface area contributed by atoms with Gasteiger partial charge in [0.05, 0.1) is 24.4 Å². The molecule has 0 fully saturated rings. The molecule has 0 saturated carbocycles. The van der Waals surface area contributed by atoms with Gasteiger partial charge in [0, 0.05) is 44.6 Å². The number of anilines is 5. The monoisotopic (exact) mass is 555 g/mol. The minimum atomic E-state index is -0.796. The lowest BCUT2D eigenvalue weighted by Crippen LogP contribution is -2.12. The smallest absolute Gasteiger partial charge is 0.229 e. The minimum Gasteiger partial charge on any atom is -0.617 e. The SMILES string of the molecule is COc1ccc(CNc2nc3cc(N(C)c4ccnc(Nc5ccc(CC[S+](C)[O-])cc5)n4)ccc3n2C)cc1. The summed E-state index contributed by atoms with van der Waals surface area (Å²) in [4.78, 5) is 16.0. The standard InChI is InChI=1S/C30H33N7O2S/c1-36(28-15-17-31-29(35-28)33-23-9-5-21(6-10-23)16-18-40(4)38)24-11-14-27-26(19-24)34-30(37(27)2)32-20-22-7-12-25(39-3)13-8-22/h5-15,17,19H,16,18,20H2,1-4H3,(H,32,34)(H,31,33,35). The number of fused-ring (bicyclic) bond motifs is 1. The number of benzene rings is 3. The van der Waals surface area contributed by atoms with Gasteiger partial charge >= 0.3 is 0 Å². The molecule has 0 bridgehead atoms. The van der Waals surface area contributed by atoms with Crippen LogP contribution in [0.2, 0.25) is 0 Å². The number of aromatic nitrogens is 4. The van der Waals surface area contributed by atoms with E-state index in [2.05, 4.69) is 38.4 Å². The summed E-state index contributed by atoms with van der Waals surface area (Å²) in [5, 5.41) is 6.71. The molecule has 0 radical (unpaired) electrons. The number of imidazole rings is 1. The van der Waals surface area contributed by atoms with Crippen molar-refractivity contribution in [3.63, 3.8) is 0 Å². The molecule has 40 heavy (non-hydrogen) atoms. The lowest BCUT2D eigenvalue weighted by atomic mass is 10.1. The number of rotatable bonds is 11. The summed E-state index contributed by atoms with van der Waals surface area (Å²) < 4.78 is 18.7. The van der Waals surface area contributed by atoms with Gasteiger partial charge in [0.25, 0.3) is 0 Å². The molecule has 9 nitrogen and oxygen atoms in total. The van der Waals surface area contributed by atoms with Crippen LogP contribution >= 0.6 is 0 Å². The van der Waals surface area contributed by atoms with E-state index < -0.39 is 11.2 Å². The number of aryl methyl sites for hydroxylation is 2. The van der Waals surface area contributed by atoms with Crippen LogP contribution in [0.3, 0.4) is 0 Å². The van der Waals surface area contributed by atoms with Crippen LogP contribution in [-0.4, -0.2) is 50.2 Å². The third-order valence-electron chi connectivity index (χ3n) is 6.73. The number of hydrogen-bond donors (Lipinski definition) is 2. The number of methoxy groups -OCH3 is 1. The van der Waals surface area contributed by atoms with E-state index in [9.17, 15) is 4.55 Å². The van der Waals surface area contributed by atoms with Crippen molar-refractivity contribution in [3.8, 4) is 5.75 Å². The van der Waals surface area contributed by atoms with Gasteiger partial charge in [-0.15, -0.1) is 0 Å². The Bertz CT molecular complexity index is 1570. The van der Waals surface area contributed by atoms with E-state index in [0.717, 1.165) is 57.5 Å². The lowest BCUT2D eigenvalue weighted by molar-refractivity contribution is 0.414.